The van der Waals surface area contributed by atoms with Crippen molar-refractivity contribution in [1.82, 2.24) is 0 Å². The molecule has 5 heteroatoms. The first-order chi connectivity index (χ1) is 10.0. The first-order valence-electron chi connectivity index (χ1n) is 6.56. The van der Waals surface area contributed by atoms with Gasteiger partial charge in [0.1, 0.15) is 5.82 Å². The number of carbonyl (C=O) groups is 1. The zero-order valence-corrected chi connectivity index (χ0v) is 14.7. The normalized spacial score (nSPS) is 15.3. The van der Waals surface area contributed by atoms with Gasteiger partial charge in [0.25, 0.3) is 0 Å². The highest BCUT2D eigenvalue weighted by atomic mass is 127. The molecule has 108 valence electrons. The Morgan fingerprint density at radius 1 is 1.19 bits per heavy atom. The van der Waals surface area contributed by atoms with E-state index in [0.717, 1.165) is 14.7 Å². The fourth-order valence-corrected chi connectivity index (χ4v) is 3.44. The molecule has 0 aromatic heterocycles. The smallest absolute Gasteiger partial charge is 0.224 e. The van der Waals surface area contributed by atoms with Crippen molar-refractivity contribution < 1.29 is 9.18 Å². The molecule has 0 saturated heterocycles. The van der Waals surface area contributed by atoms with Crippen LogP contribution in [0.25, 0.3) is 0 Å². The number of nitrogens with one attached hydrogen (secondary N) is 1. The molecule has 2 nitrogen and oxygen atoms in total. The van der Waals surface area contributed by atoms with Crippen molar-refractivity contribution >= 4 is 50.1 Å². The molecule has 0 radical (unpaired) electrons. The van der Waals surface area contributed by atoms with Crippen LogP contribution in [0.2, 0.25) is 0 Å². The van der Waals surface area contributed by atoms with Gasteiger partial charge in [-0.1, -0.05) is 28.1 Å². The predicted molar refractivity (Wildman–Crippen MR) is 93.3 cm³/mol. The number of fused-ring (bicyclic) bond motifs is 1. The number of amides is 1. The minimum absolute atomic E-state index is 0.0531. The quantitative estimate of drug-likeness (QED) is 0.507. The Labute approximate surface area is 144 Å². The van der Waals surface area contributed by atoms with Crippen LogP contribution < -0.4 is 5.32 Å². The minimum atomic E-state index is -0.309. The van der Waals surface area contributed by atoms with Gasteiger partial charge in [0.05, 0.1) is 4.83 Å². The number of aryl methyl sites for hydroxylation is 1. The minimum Gasteiger partial charge on any atom is -0.326 e. The lowest BCUT2D eigenvalue weighted by Gasteiger charge is -2.20. The monoisotopic (exact) mass is 459 g/mol. The van der Waals surface area contributed by atoms with Crippen LogP contribution in [0.5, 0.6) is 0 Å². The Bertz CT molecular complexity index is 702. The summed E-state index contributed by atoms with van der Waals surface area (Å²) in [4.78, 5) is 11.2. The fourth-order valence-electron chi connectivity index (χ4n) is 2.43. The molecule has 0 aliphatic carbocycles. The molecule has 1 N–H and O–H groups in total. The van der Waals surface area contributed by atoms with E-state index in [4.69, 9.17) is 0 Å². The maximum absolute atomic E-state index is 14.3. The van der Waals surface area contributed by atoms with Gasteiger partial charge in [-0.05, 0) is 64.4 Å². The number of carbonyl (C=O) groups excluding carboxylic acids is 1. The fraction of sp³-hybridized carbons (Fsp3) is 0.188. The second-order valence-electron chi connectivity index (χ2n) is 4.99. The van der Waals surface area contributed by atoms with Crippen molar-refractivity contribution in [2.75, 3.05) is 5.32 Å². The van der Waals surface area contributed by atoms with Gasteiger partial charge in [0, 0.05) is 21.2 Å². The SMILES string of the molecule is O=C1CCc2cc(C(Br)c3ccc(I)cc3)c(F)cc2N1. The average Bonchev–Trinajstić information content (AvgIpc) is 2.46. The Balaban J connectivity index is 1.98. The summed E-state index contributed by atoms with van der Waals surface area (Å²) in [6, 6.07) is 11.2. The number of hydrogen-bond acceptors (Lipinski definition) is 1. The molecule has 2 aromatic rings. The highest BCUT2D eigenvalue weighted by Crippen LogP contribution is 2.36. The van der Waals surface area contributed by atoms with Gasteiger partial charge in [0.2, 0.25) is 5.91 Å². The van der Waals surface area contributed by atoms with Crippen molar-refractivity contribution in [3.8, 4) is 0 Å². The first-order valence-corrected chi connectivity index (χ1v) is 8.56. The molecule has 0 spiro atoms. The Morgan fingerprint density at radius 2 is 1.90 bits per heavy atom. The van der Waals surface area contributed by atoms with Crippen LogP contribution in [0.15, 0.2) is 36.4 Å². The molecule has 0 saturated carbocycles. The topological polar surface area (TPSA) is 29.1 Å². The standard InChI is InChI=1S/C16H12BrFINO/c17-16(9-1-4-11(19)5-2-9)12-7-10-3-6-15(21)20-14(10)8-13(12)18/h1-2,4-5,7-8,16H,3,6H2,(H,20,21). The van der Waals surface area contributed by atoms with Gasteiger partial charge in [-0.3, -0.25) is 4.79 Å². The second-order valence-corrected chi connectivity index (χ2v) is 7.15. The van der Waals surface area contributed by atoms with Crippen LogP contribution in [-0.2, 0) is 11.2 Å². The first kappa shape index (κ1) is 15.0. The number of rotatable bonds is 2. The molecule has 1 aliphatic rings. The highest BCUT2D eigenvalue weighted by molar-refractivity contribution is 14.1. The summed E-state index contributed by atoms with van der Waals surface area (Å²) in [5.41, 5.74) is 3.19. The molecule has 1 atom stereocenters. The molecule has 1 unspecified atom stereocenters. The van der Waals surface area contributed by atoms with Crippen LogP contribution in [0.3, 0.4) is 0 Å². The second kappa shape index (κ2) is 6.04. The molecule has 21 heavy (non-hydrogen) atoms. The molecule has 2 aromatic carbocycles. The van der Waals surface area contributed by atoms with E-state index in [1.165, 1.54) is 6.07 Å². The summed E-state index contributed by atoms with van der Waals surface area (Å²) in [5.74, 6) is -0.362. The van der Waals surface area contributed by atoms with E-state index in [-0.39, 0.29) is 16.6 Å². The molecule has 1 heterocycles. The summed E-state index contributed by atoms with van der Waals surface area (Å²) in [6.07, 6.45) is 1.11. The van der Waals surface area contributed by atoms with Crippen LogP contribution in [0.4, 0.5) is 10.1 Å². The van der Waals surface area contributed by atoms with E-state index in [9.17, 15) is 9.18 Å². The van der Waals surface area contributed by atoms with Crippen LogP contribution in [-0.4, -0.2) is 5.91 Å². The van der Waals surface area contributed by atoms with Gasteiger partial charge in [-0.2, -0.15) is 0 Å². The van der Waals surface area contributed by atoms with Crippen molar-refractivity contribution in [2.24, 2.45) is 0 Å². The molecular formula is C16H12BrFINO. The average molecular weight is 460 g/mol. The van der Waals surface area contributed by atoms with E-state index < -0.39 is 0 Å². The van der Waals surface area contributed by atoms with Gasteiger partial charge < -0.3 is 5.32 Å². The van der Waals surface area contributed by atoms with Crippen molar-refractivity contribution in [1.29, 1.82) is 0 Å². The number of hydrogen-bond donors (Lipinski definition) is 1. The van der Waals surface area contributed by atoms with E-state index in [1.54, 1.807) is 0 Å². The Morgan fingerprint density at radius 3 is 2.62 bits per heavy atom. The Kier molecular flexibility index (Phi) is 4.31. The van der Waals surface area contributed by atoms with Crippen molar-refractivity contribution in [3.63, 3.8) is 0 Å². The van der Waals surface area contributed by atoms with Crippen LogP contribution in [0.1, 0.15) is 27.9 Å². The largest absolute Gasteiger partial charge is 0.326 e. The number of halogens is 3. The summed E-state index contributed by atoms with van der Waals surface area (Å²) in [7, 11) is 0. The summed E-state index contributed by atoms with van der Waals surface area (Å²) in [6.45, 7) is 0. The third kappa shape index (κ3) is 3.13. The van der Waals surface area contributed by atoms with E-state index in [0.29, 0.717) is 24.1 Å². The predicted octanol–water partition coefficient (Wildman–Crippen LogP) is 4.80. The van der Waals surface area contributed by atoms with Crippen molar-refractivity contribution in [2.45, 2.75) is 17.7 Å². The number of benzene rings is 2. The van der Waals surface area contributed by atoms with E-state index in [2.05, 4.69) is 43.8 Å². The summed E-state index contributed by atoms with van der Waals surface area (Å²) < 4.78 is 15.5. The molecule has 1 amide bonds. The zero-order chi connectivity index (χ0) is 15.0. The molecule has 0 fully saturated rings. The highest BCUT2D eigenvalue weighted by Gasteiger charge is 2.21. The van der Waals surface area contributed by atoms with Crippen LogP contribution in [0, 0.1) is 9.39 Å². The van der Waals surface area contributed by atoms with E-state index >= 15 is 0 Å². The molecular weight excluding hydrogens is 448 g/mol. The van der Waals surface area contributed by atoms with Gasteiger partial charge in [-0.15, -0.1) is 0 Å². The summed E-state index contributed by atoms with van der Waals surface area (Å²) >= 11 is 5.82. The maximum Gasteiger partial charge on any atom is 0.224 e. The van der Waals surface area contributed by atoms with Gasteiger partial charge in [-0.25, -0.2) is 4.39 Å². The van der Waals surface area contributed by atoms with E-state index in [1.807, 2.05) is 30.3 Å². The van der Waals surface area contributed by atoms with Crippen molar-refractivity contribution in [3.05, 3.63) is 62.5 Å². The maximum atomic E-state index is 14.3. The number of anilines is 1. The lowest BCUT2D eigenvalue weighted by molar-refractivity contribution is -0.116. The molecule has 0 bridgehead atoms. The third-order valence-corrected chi connectivity index (χ3v) is 5.29. The molecule has 1 aliphatic heterocycles. The summed E-state index contributed by atoms with van der Waals surface area (Å²) in [5, 5.41) is 2.72. The van der Waals surface area contributed by atoms with Gasteiger partial charge >= 0.3 is 0 Å². The Hall–Kier alpha value is -0.950. The molecule has 3 rings (SSSR count). The lowest BCUT2D eigenvalue weighted by atomic mass is 9.96. The lowest BCUT2D eigenvalue weighted by Crippen LogP contribution is -2.19. The number of alkyl halides is 1. The zero-order valence-electron chi connectivity index (χ0n) is 11.0. The third-order valence-electron chi connectivity index (χ3n) is 3.55. The van der Waals surface area contributed by atoms with Gasteiger partial charge in [0.15, 0.2) is 0 Å². The van der Waals surface area contributed by atoms with Crippen LogP contribution >= 0.6 is 38.5 Å².